The van der Waals surface area contributed by atoms with E-state index in [1.165, 1.54) is 6.92 Å². The summed E-state index contributed by atoms with van der Waals surface area (Å²) in [7, 11) is 0. The van der Waals surface area contributed by atoms with Crippen LogP contribution in [0.1, 0.15) is 30.0 Å². The summed E-state index contributed by atoms with van der Waals surface area (Å²) in [6.45, 7) is 1.32. The highest BCUT2D eigenvalue weighted by Crippen LogP contribution is 2.17. The lowest BCUT2D eigenvalue weighted by Crippen LogP contribution is -2.56. The van der Waals surface area contributed by atoms with E-state index in [0.29, 0.717) is 17.0 Å². The number of carboxylic acid groups (broad SMARTS) is 1. The van der Waals surface area contributed by atoms with E-state index in [2.05, 4.69) is 20.9 Å². The van der Waals surface area contributed by atoms with Gasteiger partial charge in [0.1, 0.15) is 18.1 Å². The molecule has 0 aliphatic rings. The van der Waals surface area contributed by atoms with Crippen LogP contribution in [0, 0.1) is 0 Å². The van der Waals surface area contributed by atoms with Crippen molar-refractivity contribution in [3.63, 3.8) is 0 Å². The van der Waals surface area contributed by atoms with Crippen molar-refractivity contribution in [2.24, 2.45) is 0 Å². The van der Waals surface area contributed by atoms with Gasteiger partial charge in [-0.2, -0.15) is 0 Å². The van der Waals surface area contributed by atoms with Crippen LogP contribution in [0.15, 0.2) is 91.3 Å². The van der Waals surface area contributed by atoms with Gasteiger partial charge in [-0.05, 0) is 58.5 Å². The number of aliphatic carboxylic acids is 1. The van der Waals surface area contributed by atoms with Crippen LogP contribution < -0.4 is 16.0 Å². The molecule has 0 aliphatic heterocycles. The van der Waals surface area contributed by atoms with Crippen LogP contribution in [0.4, 0.5) is 0 Å². The number of carbonyl (C=O) groups excluding carboxylic acids is 3. The fraction of sp³-hybridized carbons (Fsp3) is 0.242. The summed E-state index contributed by atoms with van der Waals surface area (Å²) in [5.41, 5.74) is 2.37. The van der Waals surface area contributed by atoms with E-state index in [0.717, 1.165) is 21.9 Å². The van der Waals surface area contributed by atoms with Gasteiger partial charge >= 0.3 is 5.97 Å². The molecular formula is C33H33ClN4O5. The quantitative estimate of drug-likeness (QED) is 0.184. The fourth-order valence-electron chi connectivity index (χ4n) is 4.78. The largest absolute Gasteiger partial charge is 0.480 e. The van der Waals surface area contributed by atoms with E-state index in [-0.39, 0.29) is 19.3 Å². The van der Waals surface area contributed by atoms with E-state index in [4.69, 9.17) is 11.6 Å². The zero-order valence-corrected chi connectivity index (χ0v) is 24.4. The number of fused-ring (bicyclic) bond motifs is 1. The summed E-state index contributed by atoms with van der Waals surface area (Å²) in [6.07, 6.45) is 4.04. The van der Waals surface area contributed by atoms with Crippen molar-refractivity contribution in [3.05, 3.63) is 113 Å². The molecule has 0 unspecified atom stereocenters. The molecule has 43 heavy (non-hydrogen) atoms. The molecule has 4 N–H and O–H groups in total. The molecule has 0 bridgehead atoms. The number of benzene rings is 3. The summed E-state index contributed by atoms with van der Waals surface area (Å²) in [5, 5.41) is 20.4. The van der Waals surface area contributed by atoms with Crippen molar-refractivity contribution in [3.8, 4) is 0 Å². The Morgan fingerprint density at radius 2 is 1.37 bits per heavy atom. The average molecular weight is 601 g/mol. The maximum atomic E-state index is 13.6. The maximum Gasteiger partial charge on any atom is 0.326 e. The van der Waals surface area contributed by atoms with Gasteiger partial charge in [0.15, 0.2) is 0 Å². The Kier molecular flexibility index (Phi) is 10.8. The molecule has 222 valence electrons. The van der Waals surface area contributed by atoms with Gasteiger partial charge in [-0.15, -0.1) is 0 Å². The third-order valence-electron chi connectivity index (χ3n) is 6.99. The Bertz CT molecular complexity index is 1580. The first-order valence-electron chi connectivity index (χ1n) is 13.9. The number of pyridine rings is 1. The van der Waals surface area contributed by atoms with Gasteiger partial charge in [0.05, 0.1) is 0 Å². The van der Waals surface area contributed by atoms with Gasteiger partial charge in [0.25, 0.3) is 0 Å². The number of carboxylic acids is 1. The number of rotatable bonds is 13. The molecule has 1 aromatic heterocycles. The van der Waals surface area contributed by atoms with E-state index < -0.39 is 41.8 Å². The van der Waals surface area contributed by atoms with Gasteiger partial charge < -0.3 is 21.1 Å². The average Bonchev–Trinajstić information content (AvgIpc) is 2.99. The van der Waals surface area contributed by atoms with Crippen LogP contribution in [-0.4, -0.2) is 51.9 Å². The zero-order valence-electron chi connectivity index (χ0n) is 23.6. The van der Waals surface area contributed by atoms with E-state index >= 15 is 0 Å². The zero-order chi connectivity index (χ0) is 30.8. The molecule has 3 atom stereocenters. The van der Waals surface area contributed by atoms with Crippen molar-refractivity contribution < 1.29 is 24.3 Å². The molecule has 4 aromatic rings. The minimum Gasteiger partial charge on any atom is -0.480 e. The second-order valence-corrected chi connectivity index (χ2v) is 10.8. The standard InChI is InChI=1S/C33H33ClN4O5/c1-21(39)36-29(19-24-8-12-25-6-2-3-7-26(25)17-24)31(40)38-30(18-22-9-13-27(34)14-10-22)32(41)37-28(33(42)43)15-11-23-5-4-16-35-20-23/h2-10,12-14,16-17,20,28-30H,11,15,18-19H2,1H3,(H,36,39)(H,37,41)(H,38,40)(H,42,43)/t28-,29-,30-/m1/s1. The number of carbonyl (C=O) groups is 4. The lowest BCUT2D eigenvalue weighted by Gasteiger charge is -2.25. The summed E-state index contributed by atoms with van der Waals surface area (Å²) in [5.74, 6) is -2.82. The Hall–Kier alpha value is -4.76. The Morgan fingerprint density at radius 3 is 2.02 bits per heavy atom. The Labute approximate surface area is 254 Å². The number of nitrogens with one attached hydrogen (secondary N) is 3. The van der Waals surface area contributed by atoms with E-state index in [1.54, 1.807) is 42.7 Å². The third-order valence-corrected chi connectivity index (χ3v) is 7.24. The molecular weight excluding hydrogens is 568 g/mol. The molecule has 0 spiro atoms. The smallest absolute Gasteiger partial charge is 0.326 e. The molecule has 0 saturated carbocycles. The van der Waals surface area contributed by atoms with Gasteiger partial charge in [0, 0.05) is 37.2 Å². The molecule has 3 amide bonds. The van der Waals surface area contributed by atoms with E-state index in [9.17, 15) is 24.3 Å². The highest BCUT2D eigenvalue weighted by Gasteiger charge is 2.29. The van der Waals surface area contributed by atoms with Crippen molar-refractivity contribution >= 4 is 46.1 Å². The molecule has 0 radical (unpaired) electrons. The molecule has 0 fully saturated rings. The van der Waals surface area contributed by atoms with Crippen LogP contribution in [0.2, 0.25) is 5.02 Å². The Morgan fingerprint density at radius 1 is 0.744 bits per heavy atom. The number of hydrogen-bond donors (Lipinski definition) is 4. The van der Waals surface area contributed by atoms with Gasteiger partial charge in [-0.1, -0.05) is 72.3 Å². The van der Waals surface area contributed by atoms with Crippen molar-refractivity contribution in [1.29, 1.82) is 0 Å². The lowest BCUT2D eigenvalue weighted by atomic mass is 9.99. The van der Waals surface area contributed by atoms with Gasteiger partial charge in [-0.25, -0.2) is 4.79 Å². The topological polar surface area (TPSA) is 137 Å². The first kappa shape index (κ1) is 31.2. The number of amides is 3. The molecule has 0 aliphatic carbocycles. The molecule has 3 aromatic carbocycles. The highest BCUT2D eigenvalue weighted by molar-refractivity contribution is 6.30. The van der Waals surface area contributed by atoms with Crippen molar-refractivity contribution in [2.45, 2.75) is 50.7 Å². The van der Waals surface area contributed by atoms with Crippen molar-refractivity contribution in [1.82, 2.24) is 20.9 Å². The van der Waals surface area contributed by atoms with Gasteiger partial charge in [0.2, 0.25) is 17.7 Å². The van der Waals surface area contributed by atoms with Crippen LogP contribution in [0.3, 0.4) is 0 Å². The number of aryl methyl sites for hydroxylation is 1. The lowest BCUT2D eigenvalue weighted by molar-refractivity contribution is -0.142. The van der Waals surface area contributed by atoms with Crippen LogP contribution in [-0.2, 0) is 38.4 Å². The summed E-state index contributed by atoms with van der Waals surface area (Å²) >= 11 is 6.03. The minimum absolute atomic E-state index is 0.0758. The second-order valence-electron chi connectivity index (χ2n) is 10.3. The first-order valence-corrected chi connectivity index (χ1v) is 14.3. The molecule has 1 heterocycles. The Balaban J connectivity index is 1.53. The molecule has 0 saturated heterocycles. The summed E-state index contributed by atoms with van der Waals surface area (Å²) in [6, 6.07) is 20.7. The van der Waals surface area contributed by atoms with Crippen LogP contribution in [0.25, 0.3) is 10.8 Å². The predicted molar refractivity (Wildman–Crippen MR) is 164 cm³/mol. The highest BCUT2D eigenvalue weighted by atomic mass is 35.5. The normalized spacial score (nSPS) is 13.0. The summed E-state index contributed by atoms with van der Waals surface area (Å²) in [4.78, 5) is 55.2. The SMILES string of the molecule is CC(=O)N[C@H](Cc1ccc2ccccc2c1)C(=O)N[C@H](Cc1ccc(Cl)cc1)C(=O)N[C@H](CCc1cccnc1)C(=O)O. The molecule has 4 rings (SSSR count). The van der Waals surface area contributed by atoms with Gasteiger partial charge in [-0.3, -0.25) is 19.4 Å². The predicted octanol–water partition coefficient (Wildman–Crippen LogP) is 3.87. The summed E-state index contributed by atoms with van der Waals surface area (Å²) < 4.78 is 0. The van der Waals surface area contributed by atoms with Crippen molar-refractivity contribution in [2.75, 3.05) is 0 Å². The number of nitrogens with zero attached hydrogens (tertiary/aromatic N) is 1. The van der Waals surface area contributed by atoms with E-state index in [1.807, 2.05) is 48.5 Å². The molecule has 10 heteroatoms. The van der Waals surface area contributed by atoms with Crippen LogP contribution >= 0.6 is 11.6 Å². The fourth-order valence-corrected chi connectivity index (χ4v) is 4.91. The van der Waals surface area contributed by atoms with Crippen LogP contribution in [0.5, 0.6) is 0 Å². The first-order chi connectivity index (χ1) is 20.7. The second kappa shape index (κ2) is 14.9. The number of aromatic nitrogens is 1. The number of halogens is 1. The monoisotopic (exact) mass is 600 g/mol. The third kappa shape index (κ3) is 9.37. The molecule has 9 nitrogen and oxygen atoms in total. The maximum absolute atomic E-state index is 13.6. The number of hydrogen-bond acceptors (Lipinski definition) is 5. The minimum atomic E-state index is -1.19.